The molecule has 0 aliphatic heterocycles. The van der Waals surface area contributed by atoms with Crippen molar-refractivity contribution in [2.24, 2.45) is 0 Å². The maximum absolute atomic E-state index is 5.30. The van der Waals surface area contributed by atoms with E-state index in [0.29, 0.717) is 0 Å². The summed E-state index contributed by atoms with van der Waals surface area (Å²) in [7, 11) is 4.12. The molecule has 0 atom stereocenters. The molecule has 0 bridgehead atoms. The lowest BCUT2D eigenvalue weighted by molar-refractivity contribution is 0.321. The van der Waals surface area contributed by atoms with Crippen LogP contribution in [-0.4, -0.2) is 37.1 Å². The minimum atomic E-state index is 0.867. The molecule has 1 aromatic carbocycles. The van der Waals surface area contributed by atoms with Crippen LogP contribution in [0.25, 0.3) is 11.1 Å². The largest absolute Gasteiger partial charge is 0.443 e. The van der Waals surface area contributed by atoms with Crippen molar-refractivity contribution in [3.05, 3.63) is 30.2 Å². The summed E-state index contributed by atoms with van der Waals surface area (Å²) in [4.78, 5) is 6.43. The Bertz CT molecular complexity index is 466. The first-order chi connectivity index (χ1) is 8.29. The Kier molecular flexibility index (Phi) is 4.12. The van der Waals surface area contributed by atoms with Gasteiger partial charge in [0.15, 0.2) is 12.0 Å². The zero-order valence-corrected chi connectivity index (χ0v) is 10.4. The quantitative estimate of drug-likeness (QED) is 0.773. The third kappa shape index (κ3) is 3.28. The third-order valence-corrected chi connectivity index (χ3v) is 2.81. The first-order valence-electron chi connectivity index (χ1n) is 5.95. The number of oxazole rings is 1. The van der Waals surface area contributed by atoms with Crippen molar-refractivity contribution in [1.82, 2.24) is 15.2 Å². The van der Waals surface area contributed by atoms with Gasteiger partial charge in [-0.15, -0.1) is 0 Å². The van der Waals surface area contributed by atoms with E-state index >= 15 is 0 Å². The summed E-state index contributed by atoms with van der Waals surface area (Å²) in [5.74, 6) is 0. The molecule has 2 aromatic rings. The molecule has 4 heteroatoms. The number of hydrogen-bond acceptors (Lipinski definition) is 4. The van der Waals surface area contributed by atoms with Crippen molar-refractivity contribution >= 4 is 11.1 Å². The van der Waals surface area contributed by atoms with Crippen LogP contribution in [0.1, 0.15) is 12.0 Å². The fourth-order valence-corrected chi connectivity index (χ4v) is 1.91. The monoisotopic (exact) mass is 233 g/mol. The van der Waals surface area contributed by atoms with Gasteiger partial charge in [0.2, 0.25) is 0 Å². The van der Waals surface area contributed by atoms with Crippen LogP contribution >= 0.6 is 0 Å². The van der Waals surface area contributed by atoms with Crippen molar-refractivity contribution < 1.29 is 4.42 Å². The van der Waals surface area contributed by atoms with Gasteiger partial charge < -0.3 is 14.6 Å². The van der Waals surface area contributed by atoms with Gasteiger partial charge >= 0.3 is 0 Å². The minimum Gasteiger partial charge on any atom is -0.443 e. The second-order valence-electron chi connectivity index (χ2n) is 4.35. The maximum atomic E-state index is 5.30. The van der Waals surface area contributed by atoms with Crippen molar-refractivity contribution in [2.45, 2.75) is 13.0 Å². The van der Waals surface area contributed by atoms with E-state index in [0.717, 1.165) is 37.2 Å². The zero-order valence-electron chi connectivity index (χ0n) is 10.4. The Morgan fingerprint density at radius 1 is 1.41 bits per heavy atom. The van der Waals surface area contributed by atoms with E-state index < -0.39 is 0 Å². The molecule has 1 N–H and O–H groups in total. The number of rotatable bonds is 6. The third-order valence-electron chi connectivity index (χ3n) is 2.81. The molecule has 4 nitrogen and oxygen atoms in total. The fourth-order valence-electron chi connectivity index (χ4n) is 1.91. The lowest BCUT2D eigenvalue weighted by atomic mass is 10.2. The van der Waals surface area contributed by atoms with Crippen LogP contribution in [-0.2, 0) is 6.54 Å². The van der Waals surface area contributed by atoms with Gasteiger partial charge in [0, 0.05) is 6.54 Å². The molecule has 0 spiro atoms. The van der Waals surface area contributed by atoms with E-state index in [-0.39, 0.29) is 0 Å². The van der Waals surface area contributed by atoms with Gasteiger partial charge in [-0.1, -0.05) is 6.07 Å². The average molecular weight is 233 g/mol. The molecule has 17 heavy (non-hydrogen) atoms. The summed E-state index contributed by atoms with van der Waals surface area (Å²) in [6.45, 7) is 3.10. The molecule has 2 rings (SSSR count). The predicted octanol–water partition coefficient (Wildman–Crippen LogP) is 1.87. The topological polar surface area (TPSA) is 41.3 Å². The fraction of sp³-hybridized carbons (Fsp3) is 0.462. The SMILES string of the molecule is CNCCCN(C)Cc1ccc2ncoc2c1. The highest BCUT2D eigenvalue weighted by molar-refractivity contribution is 5.72. The summed E-state index contributed by atoms with van der Waals surface area (Å²) in [5.41, 5.74) is 3.05. The van der Waals surface area contributed by atoms with E-state index in [2.05, 4.69) is 34.4 Å². The van der Waals surface area contributed by atoms with Crippen LogP contribution in [0.15, 0.2) is 29.0 Å². The molecule has 0 amide bonds. The molecular weight excluding hydrogens is 214 g/mol. The van der Waals surface area contributed by atoms with Crippen LogP contribution < -0.4 is 5.32 Å². The van der Waals surface area contributed by atoms with Gasteiger partial charge in [-0.05, 0) is 51.3 Å². The van der Waals surface area contributed by atoms with Gasteiger partial charge in [-0.25, -0.2) is 4.98 Å². The highest BCUT2D eigenvalue weighted by Gasteiger charge is 2.03. The van der Waals surface area contributed by atoms with Crippen LogP contribution in [0, 0.1) is 0 Å². The van der Waals surface area contributed by atoms with Crippen molar-refractivity contribution in [2.75, 3.05) is 27.2 Å². The van der Waals surface area contributed by atoms with Gasteiger partial charge in [-0.2, -0.15) is 0 Å². The summed E-state index contributed by atoms with van der Waals surface area (Å²) >= 11 is 0. The second kappa shape index (κ2) is 5.80. The van der Waals surface area contributed by atoms with Gasteiger partial charge in [0.05, 0.1) is 0 Å². The summed E-state index contributed by atoms with van der Waals surface area (Å²) < 4.78 is 5.30. The molecule has 0 saturated carbocycles. The lowest BCUT2D eigenvalue weighted by Gasteiger charge is -2.16. The van der Waals surface area contributed by atoms with Crippen molar-refractivity contribution in [1.29, 1.82) is 0 Å². The van der Waals surface area contributed by atoms with Crippen LogP contribution in [0.2, 0.25) is 0 Å². The van der Waals surface area contributed by atoms with Gasteiger partial charge in [0.25, 0.3) is 0 Å². The van der Waals surface area contributed by atoms with E-state index in [1.54, 1.807) is 0 Å². The van der Waals surface area contributed by atoms with Crippen molar-refractivity contribution in [3.8, 4) is 0 Å². The number of nitrogens with zero attached hydrogens (tertiary/aromatic N) is 2. The Labute approximate surface area is 102 Å². The summed E-state index contributed by atoms with van der Waals surface area (Å²) in [5, 5.41) is 3.16. The Morgan fingerprint density at radius 3 is 3.12 bits per heavy atom. The predicted molar refractivity (Wildman–Crippen MR) is 68.9 cm³/mol. The number of benzene rings is 1. The lowest BCUT2D eigenvalue weighted by Crippen LogP contribution is -2.22. The number of hydrogen-bond donors (Lipinski definition) is 1. The van der Waals surface area contributed by atoms with E-state index in [4.69, 9.17) is 4.42 Å². The summed E-state index contributed by atoms with van der Waals surface area (Å²) in [6, 6.07) is 6.19. The number of fused-ring (bicyclic) bond motifs is 1. The van der Waals surface area contributed by atoms with Crippen LogP contribution in [0.4, 0.5) is 0 Å². The molecule has 0 aliphatic rings. The first-order valence-corrected chi connectivity index (χ1v) is 5.95. The second-order valence-corrected chi connectivity index (χ2v) is 4.35. The Balaban J connectivity index is 1.93. The Hall–Kier alpha value is -1.39. The molecule has 0 unspecified atom stereocenters. The molecule has 1 aromatic heterocycles. The summed E-state index contributed by atoms with van der Waals surface area (Å²) in [6.07, 6.45) is 2.66. The van der Waals surface area contributed by atoms with Crippen LogP contribution in [0.5, 0.6) is 0 Å². The van der Waals surface area contributed by atoms with Gasteiger partial charge in [0.1, 0.15) is 5.52 Å². The minimum absolute atomic E-state index is 0.867. The van der Waals surface area contributed by atoms with Crippen molar-refractivity contribution in [3.63, 3.8) is 0 Å². The molecule has 1 heterocycles. The molecule has 92 valence electrons. The molecular formula is C13H19N3O. The number of nitrogens with one attached hydrogen (secondary N) is 1. The molecule has 0 radical (unpaired) electrons. The van der Waals surface area contributed by atoms with E-state index in [1.807, 2.05) is 13.1 Å². The van der Waals surface area contributed by atoms with E-state index in [1.165, 1.54) is 12.0 Å². The van der Waals surface area contributed by atoms with Crippen LogP contribution in [0.3, 0.4) is 0 Å². The molecule has 0 aliphatic carbocycles. The normalized spacial score (nSPS) is 11.5. The van der Waals surface area contributed by atoms with E-state index in [9.17, 15) is 0 Å². The first kappa shape index (κ1) is 12.1. The smallest absolute Gasteiger partial charge is 0.181 e. The highest BCUT2D eigenvalue weighted by Crippen LogP contribution is 2.15. The number of aromatic nitrogens is 1. The Morgan fingerprint density at radius 2 is 2.29 bits per heavy atom. The standard InChI is InChI=1S/C13H19N3O/c1-14-6-3-7-16(2)9-11-4-5-12-13(8-11)17-10-15-12/h4-5,8,10,14H,3,6-7,9H2,1-2H3. The maximum Gasteiger partial charge on any atom is 0.181 e. The molecule has 0 fully saturated rings. The van der Waals surface area contributed by atoms with Gasteiger partial charge in [-0.3, -0.25) is 0 Å². The zero-order chi connectivity index (χ0) is 12.1. The average Bonchev–Trinajstić information content (AvgIpc) is 2.76. The molecule has 0 saturated heterocycles. The highest BCUT2D eigenvalue weighted by atomic mass is 16.3.